The molecule has 2 aromatic rings. The van der Waals surface area contributed by atoms with Gasteiger partial charge in [0.05, 0.1) is 6.61 Å². The van der Waals surface area contributed by atoms with Gasteiger partial charge in [0.1, 0.15) is 17.6 Å². The van der Waals surface area contributed by atoms with Crippen LogP contribution in [-0.2, 0) is 0 Å². The summed E-state index contributed by atoms with van der Waals surface area (Å²) in [5.41, 5.74) is 8.32. The Balaban J connectivity index is 1.88. The highest BCUT2D eigenvalue weighted by Crippen LogP contribution is 2.41. The Morgan fingerprint density at radius 1 is 1.29 bits per heavy atom. The van der Waals surface area contributed by atoms with Crippen molar-refractivity contribution >= 4 is 11.6 Å². The normalized spacial score (nSPS) is 20.5. The van der Waals surface area contributed by atoms with Crippen molar-refractivity contribution in [1.82, 2.24) is 0 Å². The minimum Gasteiger partial charge on any atom is -0.494 e. The Bertz CT molecular complexity index is 644. The summed E-state index contributed by atoms with van der Waals surface area (Å²) in [6.45, 7) is 2.62. The molecule has 0 bridgehead atoms. The van der Waals surface area contributed by atoms with Gasteiger partial charge < -0.3 is 15.2 Å². The molecule has 21 heavy (non-hydrogen) atoms. The molecule has 0 spiro atoms. The molecule has 110 valence electrons. The van der Waals surface area contributed by atoms with Crippen LogP contribution in [0.25, 0.3) is 0 Å². The fourth-order valence-electron chi connectivity index (χ4n) is 2.65. The first kappa shape index (κ1) is 14.2. The molecule has 0 aromatic heterocycles. The Morgan fingerprint density at radius 2 is 2.14 bits per heavy atom. The summed E-state index contributed by atoms with van der Waals surface area (Å²) in [6.07, 6.45) is 0.664. The molecule has 0 fully saturated rings. The third-order valence-electron chi connectivity index (χ3n) is 3.65. The maximum atomic E-state index is 6.27. The summed E-state index contributed by atoms with van der Waals surface area (Å²) in [5, 5.41) is 0.685. The molecule has 0 radical (unpaired) electrons. The van der Waals surface area contributed by atoms with E-state index in [4.69, 9.17) is 26.8 Å². The number of hydrogen-bond acceptors (Lipinski definition) is 3. The molecular weight excluding hydrogens is 286 g/mol. The van der Waals surface area contributed by atoms with Crippen LogP contribution < -0.4 is 15.2 Å². The van der Waals surface area contributed by atoms with Crippen molar-refractivity contribution in [2.45, 2.75) is 25.5 Å². The third-order valence-corrected chi connectivity index (χ3v) is 3.88. The van der Waals surface area contributed by atoms with Crippen molar-refractivity contribution in [3.05, 3.63) is 58.6 Å². The van der Waals surface area contributed by atoms with Crippen molar-refractivity contribution < 1.29 is 9.47 Å². The monoisotopic (exact) mass is 303 g/mol. The van der Waals surface area contributed by atoms with E-state index in [-0.39, 0.29) is 12.1 Å². The van der Waals surface area contributed by atoms with Gasteiger partial charge in [-0.3, -0.25) is 0 Å². The fourth-order valence-corrected chi connectivity index (χ4v) is 2.83. The van der Waals surface area contributed by atoms with Crippen molar-refractivity contribution in [2.75, 3.05) is 6.61 Å². The Hall–Kier alpha value is -1.71. The molecule has 2 N–H and O–H groups in total. The Labute approximate surface area is 129 Å². The third kappa shape index (κ3) is 2.99. The highest BCUT2D eigenvalue weighted by Gasteiger charge is 2.27. The average Bonchev–Trinajstić information content (AvgIpc) is 2.48. The maximum Gasteiger partial charge on any atom is 0.126 e. The summed E-state index contributed by atoms with van der Waals surface area (Å²) >= 11 is 6.02. The predicted molar refractivity (Wildman–Crippen MR) is 84.0 cm³/mol. The Kier molecular flexibility index (Phi) is 4.04. The largest absolute Gasteiger partial charge is 0.494 e. The number of ether oxygens (including phenoxy) is 2. The first-order valence-electron chi connectivity index (χ1n) is 7.12. The molecule has 0 saturated heterocycles. The van der Waals surface area contributed by atoms with Crippen LogP contribution in [0, 0.1) is 0 Å². The van der Waals surface area contributed by atoms with Crippen LogP contribution in [0.3, 0.4) is 0 Å². The number of rotatable bonds is 3. The molecule has 0 amide bonds. The average molecular weight is 304 g/mol. The summed E-state index contributed by atoms with van der Waals surface area (Å²) < 4.78 is 11.6. The summed E-state index contributed by atoms with van der Waals surface area (Å²) in [5.74, 6) is 1.67. The van der Waals surface area contributed by atoms with Gasteiger partial charge in [-0.15, -0.1) is 0 Å². The van der Waals surface area contributed by atoms with Crippen LogP contribution >= 0.6 is 11.6 Å². The van der Waals surface area contributed by atoms with E-state index in [1.165, 1.54) is 0 Å². The van der Waals surface area contributed by atoms with E-state index >= 15 is 0 Å². The molecule has 0 saturated carbocycles. The molecule has 0 aliphatic carbocycles. The van der Waals surface area contributed by atoms with Crippen LogP contribution in [0.2, 0.25) is 5.02 Å². The van der Waals surface area contributed by atoms with Crippen molar-refractivity contribution in [2.24, 2.45) is 5.73 Å². The predicted octanol–water partition coefficient (Wildman–Crippen LogP) is 4.26. The van der Waals surface area contributed by atoms with Gasteiger partial charge in [0.2, 0.25) is 0 Å². The van der Waals surface area contributed by atoms with Gasteiger partial charge in [-0.1, -0.05) is 23.7 Å². The lowest BCUT2D eigenvalue weighted by atomic mass is 9.93. The molecular formula is C17H18ClNO2. The van der Waals surface area contributed by atoms with Crippen LogP contribution in [0.4, 0.5) is 0 Å². The lowest BCUT2D eigenvalue weighted by Gasteiger charge is -2.30. The summed E-state index contributed by atoms with van der Waals surface area (Å²) in [6, 6.07) is 13.5. The Morgan fingerprint density at radius 3 is 2.95 bits per heavy atom. The first-order valence-corrected chi connectivity index (χ1v) is 7.49. The first-order chi connectivity index (χ1) is 10.2. The van der Waals surface area contributed by atoms with Gasteiger partial charge in [-0.05, 0) is 42.8 Å². The second-order valence-electron chi connectivity index (χ2n) is 5.14. The van der Waals surface area contributed by atoms with E-state index in [0.29, 0.717) is 11.6 Å². The van der Waals surface area contributed by atoms with Crippen molar-refractivity contribution in [3.63, 3.8) is 0 Å². The molecule has 2 aromatic carbocycles. The van der Waals surface area contributed by atoms with Crippen LogP contribution in [-0.4, -0.2) is 6.61 Å². The number of hydrogen-bond donors (Lipinski definition) is 1. The molecule has 3 rings (SSSR count). The van der Waals surface area contributed by atoms with Crippen molar-refractivity contribution in [1.29, 1.82) is 0 Å². The van der Waals surface area contributed by atoms with E-state index in [9.17, 15) is 0 Å². The van der Waals surface area contributed by atoms with Crippen LogP contribution in [0.15, 0.2) is 42.5 Å². The second-order valence-corrected chi connectivity index (χ2v) is 5.57. The van der Waals surface area contributed by atoms with E-state index in [1.807, 2.05) is 49.4 Å². The van der Waals surface area contributed by atoms with Gasteiger partial charge in [0.25, 0.3) is 0 Å². The van der Waals surface area contributed by atoms with Gasteiger partial charge in [0, 0.05) is 23.0 Å². The molecule has 1 aliphatic rings. The van der Waals surface area contributed by atoms with Gasteiger partial charge in [-0.25, -0.2) is 0 Å². The van der Waals surface area contributed by atoms with Crippen molar-refractivity contribution in [3.8, 4) is 11.5 Å². The lowest BCUT2D eigenvalue weighted by molar-refractivity contribution is 0.161. The molecule has 2 atom stereocenters. The van der Waals surface area contributed by atoms with Gasteiger partial charge in [-0.2, -0.15) is 0 Å². The zero-order chi connectivity index (χ0) is 14.8. The number of benzene rings is 2. The molecule has 3 nitrogen and oxygen atoms in total. The highest BCUT2D eigenvalue weighted by molar-refractivity contribution is 6.30. The summed E-state index contributed by atoms with van der Waals surface area (Å²) in [4.78, 5) is 0. The zero-order valence-corrected chi connectivity index (χ0v) is 12.6. The second kappa shape index (κ2) is 5.96. The lowest BCUT2D eigenvalue weighted by Crippen LogP contribution is -2.24. The zero-order valence-electron chi connectivity index (χ0n) is 11.9. The highest BCUT2D eigenvalue weighted by atomic mass is 35.5. The molecule has 2 unspecified atom stereocenters. The standard InChI is InChI=1S/C17H18ClNO2/c1-2-20-13-5-3-4-11(8-13)17-10-15(19)14-9-12(18)6-7-16(14)21-17/h3-9,15,17H,2,10,19H2,1H3. The maximum absolute atomic E-state index is 6.27. The number of halogens is 1. The summed E-state index contributed by atoms with van der Waals surface area (Å²) in [7, 11) is 0. The van der Waals surface area contributed by atoms with Crippen LogP contribution in [0.5, 0.6) is 11.5 Å². The molecule has 1 heterocycles. The number of nitrogens with two attached hydrogens (primary N) is 1. The SMILES string of the molecule is CCOc1cccc(C2CC(N)c3cc(Cl)ccc3O2)c1. The van der Waals surface area contributed by atoms with E-state index in [1.54, 1.807) is 0 Å². The van der Waals surface area contributed by atoms with E-state index < -0.39 is 0 Å². The van der Waals surface area contributed by atoms with Gasteiger partial charge >= 0.3 is 0 Å². The van der Waals surface area contributed by atoms with E-state index in [0.717, 1.165) is 29.0 Å². The van der Waals surface area contributed by atoms with Gasteiger partial charge in [0.15, 0.2) is 0 Å². The van der Waals surface area contributed by atoms with Crippen LogP contribution in [0.1, 0.15) is 36.6 Å². The quantitative estimate of drug-likeness (QED) is 0.921. The minimum atomic E-state index is -0.0757. The minimum absolute atomic E-state index is 0.0610. The fraction of sp³-hybridized carbons (Fsp3) is 0.294. The van der Waals surface area contributed by atoms with E-state index in [2.05, 4.69) is 0 Å². The molecule has 4 heteroatoms. The smallest absolute Gasteiger partial charge is 0.126 e. The molecule has 1 aliphatic heterocycles. The topological polar surface area (TPSA) is 44.5 Å². The number of fused-ring (bicyclic) bond motifs is 1.